The molecule has 2 amide bonds. The third-order valence-electron chi connectivity index (χ3n) is 2.37. The van der Waals surface area contributed by atoms with Crippen LogP contribution in [0, 0.1) is 0 Å². The van der Waals surface area contributed by atoms with E-state index in [4.69, 9.17) is 10.5 Å². The lowest BCUT2D eigenvalue weighted by molar-refractivity contribution is -0.139. The molecule has 1 fully saturated rings. The van der Waals surface area contributed by atoms with Gasteiger partial charge < -0.3 is 15.8 Å². The SMILES string of the molecule is NC(=O)CONC(=O)CCOC1CCNCC1. The highest BCUT2D eigenvalue weighted by Gasteiger charge is 2.13. The molecule has 17 heavy (non-hydrogen) atoms. The van der Waals surface area contributed by atoms with Gasteiger partial charge in [-0.15, -0.1) is 0 Å². The third kappa shape index (κ3) is 6.88. The highest BCUT2D eigenvalue weighted by Crippen LogP contribution is 2.07. The predicted molar refractivity (Wildman–Crippen MR) is 59.7 cm³/mol. The molecular weight excluding hydrogens is 226 g/mol. The summed E-state index contributed by atoms with van der Waals surface area (Å²) in [5, 5.41) is 3.23. The molecule has 0 aromatic carbocycles. The van der Waals surface area contributed by atoms with Crippen LogP contribution in [0.1, 0.15) is 19.3 Å². The Morgan fingerprint density at radius 3 is 2.71 bits per heavy atom. The molecule has 1 rings (SSSR count). The van der Waals surface area contributed by atoms with Crippen LogP contribution in [0.2, 0.25) is 0 Å². The molecule has 1 aliphatic heterocycles. The third-order valence-corrected chi connectivity index (χ3v) is 2.37. The maximum absolute atomic E-state index is 11.2. The second kappa shape index (κ2) is 7.99. The molecular formula is C10H19N3O4. The smallest absolute Gasteiger partial charge is 0.246 e. The van der Waals surface area contributed by atoms with Gasteiger partial charge in [0.1, 0.15) is 0 Å². The minimum atomic E-state index is -0.628. The Bertz CT molecular complexity index is 254. The maximum Gasteiger partial charge on any atom is 0.246 e. The number of nitrogens with one attached hydrogen (secondary N) is 2. The van der Waals surface area contributed by atoms with E-state index < -0.39 is 5.91 Å². The van der Waals surface area contributed by atoms with Crippen LogP contribution in [-0.4, -0.2) is 44.2 Å². The molecule has 0 unspecified atom stereocenters. The number of amides is 2. The number of rotatable bonds is 7. The molecule has 0 bridgehead atoms. The van der Waals surface area contributed by atoms with Crippen molar-refractivity contribution >= 4 is 11.8 Å². The van der Waals surface area contributed by atoms with E-state index in [9.17, 15) is 9.59 Å². The Morgan fingerprint density at radius 2 is 2.06 bits per heavy atom. The normalized spacial score (nSPS) is 16.7. The second-order valence-corrected chi connectivity index (χ2v) is 3.85. The summed E-state index contributed by atoms with van der Waals surface area (Å²) in [5.41, 5.74) is 6.95. The fraction of sp³-hybridized carbons (Fsp3) is 0.800. The van der Waals surface area contributed by atoms with Gasteiger partial charge in [0.15, 0.2) is 6.61 Å². The van der Waals surface area contributed by atoms with Gasteiger partial charge in [0, 0.05) is 0 Å². The number of nitrogens with two attached hydrogens (primary N) is 1. The molecule has 0 radical (unpaired) electrons. The summed E-state index contributed by atoms with van der Waals surface area (Å²) in [6, 6.07) is 0. The van der Waals surface area contributed by atoms with E-state index in [1.165, 1.54) is 0 Å². The van der Waals surface area contributed by atoms with Crippen LogP contribution in [0.15, 0.2) is 0 Å². The van der Waals surface area contributed by atoms with Crippen molar-refractivity contribution in [2.45, 2.75) is 25.4 Å². The molecule has 1 saturated heterocycles. The fourth-order valence-corrected chi connectivity index (χ4v) is 1.52. The lowest BCUT2D eigenvalue weighted by Crippen LogP contribution is -2.34. The lowest BCUT2D eigenvalue weighted by Gasteiger charge is -2.22. The Kier molecular flexibility index (Phi) is 6.53. The zero-order valence-electron chi connectivity index (χ0n) is 9.74. The van der Waals surface area contributed by atoms with Gasteiger partial charge in [-0.1, -0.05) is 0 Å². The summed E-state index contributed by atoms with van der Waals surface area (Å²) in [5.74, 6) is -0.948. The van der Waals surface area contributed by atoms with Crippen molar-refractivity contribution in [1.29, 1.82) is 0 Å². The molecule has 0 spiro atoms. The molecule has 0 aromatic rings. The average Bonchev–Trinajstić information content (AvgIpc) is 2.30. The highest BCUT2D eigenvalue weighted by atomic mass is 16.7. The maximum atomic E-state index is 11.2. The van der Waals surface area contributed by atoms with Crippen molar-refractivity contribution in [2.24, 2.45) is 5.73 Å². The summed E-state index contributed by atoms with van der Waals surface area (Å²) < 4.78 is 5.53. The van der Waals surface area contributed by atoms with Gasteiger partial charge >= 0.3 is 0 Å². The molecule has 0 aliphatic carbocycles. The van der Waals surface area contributed by atoms with Crippen molar-refractivity contribution in [3.8, 4) is 0 Å². The summed E-state index contributed by atoms with van der Waals surface area (Å²) in [6.45, 7) is 1.95. The topological polar surface area (TPSA) is 103 Å². The number of carbonyl (C=O) groups is 2. The summed E-state index contributed by atoms with van der Waals surface area (Å²) in [6.07, 6.45) is 2.39. The number of hydrogen-bond donors (Lipinski definition) is 3. The Hall–Kier alpha value is -1.18. The van der Waals surface area contributed by atoms with Crippen LogP contribution >= 0.6 is 0 Å². The van der Waals surface area contributed by atoms with E-state index in [0.717, 1.165) is 25.9 Å². The Morgan fingerprint density at radius 1 is 1.35 bits per heavy atom. The molecule has 4 N–H and O–H groups in total. The fourth-order valence-electron chi connectivity index (χ4n) is 1.52. The quantitative estimate of drug-likeness (QED) is 0.483. The van der Waals surface area contributed by atoms with Gasteiger partial charge in [-0.3, -0.25) is 14.4 Å². The second-order valence-electron chi connectivity index (χ2n) is 3.85. The van der Waals surface area contributed by atoms with Gasteiger partial charge in [0.05, 0.1) is 19.1 Å². The number of carbonyl (C=O) groups excluding carboxylic acids is 2. The van der Waals surface area contributed by atoms with Crippen molar-refractivity contribution in [1.82, 2.24) is 10.8 Å². The summed E-state index contributed by atoms with van der Waals surface area (Å²) >= 11 is 0. The number of hydroxylamine groups is 1. The van der Waals surface area contributed by atoms with E-state index in [-0.39, 0.29) is 25.0 Å². The van der Waals surface area contributed by atoms with Gasteiger partial charge in [-0.2, -0.15) is 0 Å². The van der Waals surface area contributed by atoms with Crippen molar-refractivity contribution in [3.63, 3.8) is 0 Å². The lowest BCUT2D eigenvalue weighted by atomic mass is 10.1. The molecule has 7 heteroatoms. The molecule has 1 heterocycles. The van der Waals surface area contributed by atoms with Gasteiger partial charge in [-0.05, 0) is 25.9 Å². The van der Waals surface area contributed by atoms with Crippen molar-refractivity contribution in [2.75, 3.05) is 26.3 Å². The molecule has 0 aromatic heterocycles. The van der Waals surface area contributed by atoms with E-state index in [0.29, 0.717) is 6.61 Å². The first-order valence-electron chi connectivity index (χ1n) is 5.69. The van der Waals surface area contributed by atoms with Crippen LogP contribution in [0.3, 0.4) is 0 Å². The van der Waals surface area contributed by atoms with Gasteiger partial charge in [0.2, 0.25) is 11.8 Å². The van der Waals surface area contributed by atoms with E-state index in [1.807, 2.05) is 0 Å². The summed E-state index contributed by atoms with van der Waals surface area (Å²) in [7, 11) is 0. The standard InChI is InChI=1S/C10H19N3O4/c11-9(14)7-17-13-10(15)3-6-16-8-1-4-12-5-2-8/h8,12H,1-7H2,(H2,11,14)(H,13,15). The molecule has 1 aliphatic rings. The first kappa shape index (κ1) is 13.9. The summed E-state index contributed by atoms with van der Waals surface area (Å²) in [4.78, 5) is 26.1. The number of piperidine rings is 1. The first-order chi connectivity index (χ1) is 8.18. The van der Waals surface area contributed by atoms with Crippen LogP contribution in [0.5, 0.6) is 0 Å². The minimum Gasteiger partial charge on any atom is -0.378 e. The Labute approximate surface area is 100.0 Å². The van der Waals surface area contributed by atoms with Crippen LogP contribution < -0.4 is 16.5 Å². The number of ether oxygens (including phenoxy) is 1. The van der Waals surface area contributed by atoms with E-state index in [2.05, 4.69) is 15.6 Å². The molecule has 0 saturated carbocycles. The number of primary amides is 1. The largest absolute Gasteiger partial charge is 0.378 e. The highest BCUT2D eigenvalue weighted by molar-refractivity contribution is 5.76. The zero-order valence-corrected chi connectivity index (χ0v) is 9.74. The molecule has 7 nitrogen and oxygen atoms in total. The van der Waals surface area contributed by atoms with E-state index >= 15 is 0 Å². The van der Waals surface area contributed by atoms with Gasteiger partial charge in [-0.25, -0.2) is 5.48 Å². The Balaban J connectivity index is 1.97. The predicted octanol–water partition coefficient (Wildman–Crippen LogP) is -1.32. The number of hydrogen-bond acceptors (Lipinski definition) is 5. The minimum absolute atomic E-state index is 0.211. The monoisotopic (exact) mass is 245 g/mol. The van der Waals surface area contributed by atoms with Gasteiger partial charge in [0.25, 0.3) is 0 Å². The average molecular weight is 245 g/mol. The van der Waals surface area contributed by atoms with Crippen LogP contribution in [-0.2, 0) is 19.2 Å². The first-order valence-corrected chi connectivity index (χ1v) is 5.69. The van der Waals surface area contributed by atoms with E-state index in [1.54, 1.807) is 0 Å². The molecule has 98 valence electrons. The van der Waals surface area contributed by atoms with Crippen LogP contribution in [0.4, 0.5) is 0 Å². The van der Waals surface area contributed by atoms with Crippen molar-refractivity contribution in [3.05, 3.63) is 0 Å². The zero-order chi connectivity index (χ0) is 12.5. The molecule has 0 atom stereocenters. The van der Waals surface area contributed by atoms with Crippen molar-refractivity contribution < 1.29 is 19.2 Å². The van der Waals surface area contributed by atoms with Crippen LogP contribution in [0.25, 0.3) is 0 Å².